The summed E-state index contributed by atoms with van der Waals surface area (Å²) in [6.45, 7) is 4.81. The van der Waals surface area contributed by atoms with Gasteiger partial charge in [0, 0.05) is 20.0 Å². The predicted octanol–water partition coefficient (Wildman–Crippen LogP) is 0.856. The topological polar surface area (TPSA) is 75.7 Å². The van der Waals surface area contributed by atoms with Crippen LogP contribution in [0.2, 0.25) is 0 Å². The number of quaternary nitrogens is 1. The second-order valence-corrected chi connectivity index (χ2v) is 5.41. The van der Waals surface area contributed by atoms with Gasteiger partial charge in [-0.2, -0.15) is 4.18 Å². The van der Waals surface area contributed by atoms with Crippen molar-refractivity contribution in [3.63, 3.8) is 0 Å². The highest BCUT2D eigenvalue weighted by atomic mass is 32.3. The summed E-state index contributed by atoms with van der Waals surface area (Å²) >= 11 is 0. The number of likely N-dealkylation sites (N-methyl/N-ethyl adjacent to an activating group) is 1. The summed E-state index contributed by atoms with van der Waals surface area (Å²) in [6, 6.07) is 0. The van der Waals surface area contributed by atoms with E-state index in [1.807, 2.05) is 4.18 Å². The highest BCUT2D eigenvalue weighted by Crippen LogP contribution is 2.18. The molecular formula is C9H18F3NO5S. The molecule has 1 saturated heterocycles. The van der Waals surface area contributed by atoms with Crippen LogP contribution in [0.15, 0.2) is 0 Å². The molecule has 116 valence electrons. The Morgan fingerprint density at radius 3 is 2.00 bits per heavy atom. The van der Waals surface area contributed by atoms with E-state index in [4.69, 9.17) is 17.7 Å². The fourth-order valence-electron chi connectivity index (χ4n) is 1.75. The number of methoxy groups -OCH3 is 1. The van der Waals surface area contributed by atoms with E-state index < -0.39 is 16.8 Å². The van der Waals surface area contributed by atoms with Gasteiger partial charge in [0.1, 0.15) is 6.54 Å². The molecule has 1 aliphatic rings. The summed E-state index contributed by atoms with van der Waals surface area (Å²) in [5, 5.41) is 0. The van der Waals surface area contributed by atoms with E-state index in [2.05, 4.69) is 7.05 Å². The van der Waals surface area contributed by atoms with Gasteiger partial charge in [-0.05, 0) is 0 Å². The first-order valence-electron chi connectivity index (χ1n) is 5.53. The summed E-state index contributed by atoms with van der Waals surface area (Å²) in [4.78, 5) is 0. The zero-order valence-electron chi connectivity index (χ0n) is 10.8. The van der Waals surface area contributed by atoms with Gasteiger partial charge in [0.25, 0.3) is 0 Å². The van der Waals surface area contributed by atoms with E-state index in [-0.39, 0.29) is 0 Å². The normalized spacial score (nSPS) is 18.8. The smallest absolute Gasteiger partial charge is 0.536 e. The first kappa shape index (κ1) is 18.6. The molecule has 1 aliphatic heterocycles. The van der Waals surface area contributed by atoms with Gasteiger partial charge >= 0.3 is 6.36 Å². The van der Waals surface area contributed by atoms with Crippen molar-refractivity contribution in [2.45, 2.75) is 19.2 Å². The molecule has 0 aromatic carbocycles. The molecule has 0 atom stereocenters. The van der Waals surface area contributed by atoms with Gasteiger partial charge in [-0.25, -0.2) is 8.42 Å². The molecule has 0 radical (unpaired) electrons. The number of alkyl halides is 3. The highest BCUT2D eigenvalue weighted by Gasteiger charge is 2.32. The first-order chi connectivity index (χ1) is 8.47. The summed E-state index contributed by atoms with van der Waals surface area (Å²) in [5.41, 5.74) is 0. The molecule has 0 aromatic rings. The summed E-state index contributed by atoms with van der Waals surface area (Å²) in [5.74, 6) is 0. The summed E-state index contributed by atoms with van der Waals surface area (Å²) in [6.07, 6.45) is -2.61. The van der Waals surface area contributed by atoms with E-state index in [0.717, 1.165) is 6.61 Å². The molecule has 0 unspecified atom stereocenters. The van der Waals surface area contributed by atoms with Crippen molar-refractivity contribution in [2.75, 3.05) is 40.4 Å². The predicted molar refractivity (Wildman–Crippen MR) is 58.7 cm³/mol. The monoisotopic (exact) mass is 309 g/mol. The Bertz CT molecular complexity index is 351. The average Bonchev–Trinajstić information content (AvgIpc) is 2.58. The molecule has 0 bridgehead atoms. The standard InChI is InChI=1S/C8H18NO.CHF3O4S/c1-9(7-8-10-2)5-3-4-6-9;2-1(3,4)8-9(5,6)7/h3-8H2,1-2H3;(H,5,6,7)/q+1;/p-1. The minimum atomic E-state index is -5.66. The van der Waals surface area contributed by atoms with Crippen LogP contribution in [-0.2, 0) is 19.3 Å². The first-order valence-corrected chi connectivity index (χ1v) is 6.86. The minimum absolute atomic E-state index is 0.913. The van der Waals surface area contributed by atoms with E-state index in [1.54, 1.807) is 7.11 Å². The van der Waals surface area contributed by atoms with Crippen molar-refractivity contribution in [1.29, 1.82) is 0 Å². The number of rotatable bonds is 4. The minimum Gasteiger partial charge on any atom is -0.725 e. The van der Waals surface area contributed by atoms with Crippen LogP contribution in [0.1, 0.15) is 12.8 Å². The van der Waals surface area contributed by atoms with E-state index >= 15 is 0 Å². The van der Waals surface area contributed by atoms with Crippen molar-refractivity contribution in [3.05, 3.63) is 0 Å². The van der Waals surface area contributed by atoms with Crippen molar-refractivity contribution in [1.82, 2.24) is 0 Å². The zero-order valence-corrected chi connectivity index (χ0v) is 11.6. The van der Waals surface area contributed by atoms with Gasteiger partial charge in [0.2, 0.25) is 10.4 Å². The Morgan fingerprint density at radius 2 is 1.74 bits per heavy atom. The third-order valence-corrected chi connectivity index (χ3v) is 3.07. The van der Waals surface area contributed by atoms with Crippen LogP contribution in [0, 0.1) is 0 Å². The van der Waals surface area contributed by atoms with E-state index in [0.29, 0.717) is 0 Å². The lowest BCUT2D eigenvalue weighted by atomic mass is 10.4. The van der Waals surface area contributed by atoms with Gasteiger partial charge in [0.05, 0.1) is 26.7 Å². The van der Waals surface area contributed by atoms with Crippen molar-refractivity contribution in [2.24, 2.45) is 0 Å². The molecule has 10 heteroatoms. The molecule has 1 rings (SSSR count). The maximum Gasteiger partial charge on any atom is 0.536 e. The number of ether oxygens (including phenoxy) is 1. The van der Waals surface area contributed by atoms with Crippen LogP contribution in [0.5, 0.6) is 0 Å². The van der Waals surface area contributed by atoms with Gasteiger partial charge in [0.15, 0.2) is 0 Å². The Balaban J connectivity index is 0.000000344. The molecule has 0 amide bonds. The Hall–Kier alpha value is -0.420. The molecule has 0 N–H and O–H groups in total. The number of halogens is 3. The van der Waals surface area contributed by atoms with E-state index in [9.17, 15) is 13.2 Å². The third-order valence-electron chi connectivity index (χ3n) is 2.68. The maximum absolute atomic E-state index is 10.8. The van der Waals surface area contributed by atoms with Crippen LogP contribution in [0.25, 0.3) is 0 Å². The molecule has 6 nitrogen and oxygen atoms in total. The maximum atomic E-state index is 10.8. The van der Waals surface area contributed by atoms with Crippen LogP contribution in [0.4, 0.5) is 13.2 Å². The van der Waals surface area contributed by atoms with Crippen LogP contribution in [0.3, 0.4) is 0 Å². The lowest BCUT2D eigenvalue weighted by Gasteiger charge is -2.28. The SMILES string of the molecule is COCC[N+]1(C)CCCC1.O=S(=O)([O-])OC(F)(F)F. The largest absolute Gasteiger partial charge is 0.725 e. The number of hydrogen-bond donors (Lipinski definition) is 0. The summed E-state index contributed by atoms with van der Waals surface area (Å²) in [7, 11) is -1.55. The second-order valence-electron chi connectivity index (χ2n) is 4.43. The van der Waals surface area contributed by atoms with E-state index in [1.165, 1.54) is 37.0 Å². The Morgan fingerprint density at radius 1 is 1.26 bits per heavy atom. The lowest BCUT2D eigenvalue weighted by molar-refractivity contribution is -0.897. The Labute approximate surface area is 110 Å². The molecule has 0 saturated carbocycles. The molecule has 0 aliphatic carbocycles. The third kappa shape index (κ3) is 11.1. The van der Waals surface area contributed by atoms with Gasteiger partial charge < -0.3 is 13.8 Å². The molecule has 1 fully saturated rings. The fourth-order valence-corrected chi connectivity index (χ4v) is 1.98. The number of likely N-dealkylation sites (tertiary alicyclic amines) is 1. The van der Waals surface area contributed by atoms with Crippen molar-refractivity contribution < 1.29 is 39.5 Å². The Kier molecular flexibility index (Phi) is 7.22. The quantitative estimate of drug-likeness (QED) is 0.437. The molecule has 0 spiro atoms. The van der Waals surface area contributed by atoms with Gasteiger partial charge in [-0.15, -0.1) is 13.2 Å². The molecule has 1 heterocycles. The fraction of sp³-hybridized carbons (Fsp3) is 1.00. The number of nitrogens with zero attached hydrogens (tertiary/aromatic N) is 1. The van der Waals surface area contributed by atoms with Crippen LogP contribution < -0.4 is 0 Å². The lowest BCUT2D eigenvalue weighted by Crippen LogP contribution is -2.43. The second kappa shape index (κ2) is 7.39. The summed E-state index contributed by atoms with van der Waals surface area (Å²) < 4.78 is 68.0. The molecular weight excluding hydrogens is 291 g/mol. The average molecular weight is 309 g/mol. The number of hydrogen-bond acceptors (Lipinski definition) is 5. The highest BCUT2D eigenvalue weighted by molar-refractivity contribution is 7.80. The molecule has 19 heavy (non-hydrogen) atoms. The van der Waals surface area contributed by atoms with Crippen LogP contribution >= 0.6 is 0 Å². The van der Waals surface area contributed by atoms with Crippen LogP contribution in [-0.4, -0.2) is 64.2 Å². The van der Waals surface area contributed by atoms with Crippen molar-refractivity contribution >= 4 is 10.4 Å². The zero-order chi connectivity index (χ0) is 15.2. The van der Waals surface area contributed by atoms with Crippen molar-refractivity contribution in [3.8, 4) is 0 Å². The van der Waals surface area contributed by atoms with Gasteiger partial charge in [-0.1, -0.05) is 0 Å². The van der Waals surface area contributed by atoms with Gasteiger partial charge in [-0.3, -0.25) is 0 Å². The molecule has 0 aromatic heterocycles.